The molecule has 0 spiro atoms. The number of halogens is 2. The van der Waals surface area contributed by atoms with E-state index in [1.54, 1.807) is 0 Å². The van der Waals surface area contributed by atoms with Gasteiger partial charge in [0.1, 0.15) is 23.4 Å². The number of hydrogen-bond acceptors (Lipinski definition) is 5. The minimum Gasteiger partial charge on any atom is -0.368 e. The average molecular weight is 411 g/mol. The maximum absolute atomic E-state index is 14.0. The summed E-state index contributed by atoms with van der Waals surface area (Å²) in [6, 6.07) is 5.06. The fourth-order valence-corrected chi connectivity index (χ4v) is 3.88. The Morgan fingerprint density at radius 3 is 2.63 bits per heavy atom. The van der Waals surface area contributed by atoms with Gasteiger partial charge in [-0.2, -0.15) is 5.26 Å². The van der Waals surface area contributed by atoms with E-state index >= 15 is 0 Å². The van der Waals surface area contributed by atoms with Crippen LogP contribution in [0.1, 0.15) is 42.2 Å². The molecule has 0 radical (unpaired) electrons. The molecule has 2 aliphatic rings. The highest BCUT2D eigenvalue weighted by molar-refractivity contribution is 6.04. The van der Waals surface area contributed by atoms with Crippen molar-refractivity contribution in [1.29, 1.82) is 5.26 Å². The summed E-state index contributed by atoms with van der Waals surface area (Å²) in [5.41, 5.74) is 6.93. The zero-order valence-electron chi connectivity index (χ0n) is 16.7. The molecule has 1 saturated heterocycles. The van der Waals surface area contributed by atoms with Crippen molar-refractivity contribution in [3.8, 4) is 17.2 Å². The topological polar surface area (TPSA) is 95.0 Å². The van der Waals surface area contributed by atoms with Gasteiger partial charge in [-0.3, -0.25) is 4.79 Å². The molecule has 1 amide bonds. The SMILES string of the molecule is C[C@]1(N)CCN(c2c(C(=O)NCC3CC3)cnc(C#N)c2-c2cc(F)cc(F)c2)C1. The largest absolute Gasteiger partial charge is 0.368 e. The summed E-state index contributed by atoms with van der Waals surface area (Å²) < 4.78 is 28.0. The normalized spacial score (nSPS) is 20.8. The van der Waals surface area contributed by atoms with E-state index in [0.717, 1.165) is 31.0 Å². The molecule has 30 heavy (non-hydrogen) atoms. The highest BCUT2D eigenvalue weighted by Gasteiger charge is 2.35. The van der Waals surface area contributed by atoms with E-state index in [-0.39, 0.29) is 28.3 Å². The number of nitrogens with two attached hydrogens (primary N) is 1. The van der Waals surface area contributed by atoms with Crippen LogP contribution in [0.25, 0.3) is 11.1 Å². The second kappa shape index (κ2) is 7.65. The fraction of sp³-hybridized carbons (Fsp3) is 0.409. The quantitative estimate of drug-likeness (QED) is 0.789. The molecule has 1 aliphatic carbocycles. The third kappa shape index (κ3) is 4.12. The molecule has 1 aliphatic heterocycles. The molecule has 6 nitrogen and oxygen atoms in total. The first-order chi connectivity index (χ1) is 14.3. The molecule has 2 heterocycles. The van der Waals surface area contributed by atoms with Crippen LogP contribution in [0.15, 0.2) is 24.4 Å². The number of carbonyl (C=O) groups is 1. The summed E-state index contributed by atoms with van der Waals surface area (Å²) in [5.74, 6) is -1.38. The van der Waals surface area contributed by atoms with Crippen LogP contribution < -0.4 is 16.0 Å². The Kier molecular flexibility index (Phi) is 5.16. The lowest BCUT2D eigenvalue weighted by Crippen LogP contribution is -2.40. The summed E-state index contributed by atoms with van der Waals surface area (Å²) in [6.07, 6.45) is 4.22. The zero-order valence-corrected chi connectivity index (χ0v) is 16.7. The van der Waals surface area contributed by atoms with Crippen molar-refractivity contribution in [2.45, 2.75) is 31.7 Å². The van der Waals surface area contributed by atoms with Crippen LogP contribution in [-0.4, -0.2) is 36.1 Å². The molecular weight excluding hydrogens is 388 g/mol. The molecule has 1 aromatic carbocycles. The van der Waals surface area contributed by atoms with Crippen molar-refractivity contribution in [2.24, 2.45) is 11.7 Å². The lowest BCUT2D eigenvalue weighted by molar-refractivity contribution is 0.0952. The maximum atomic E-state index is 14.0. The number of nitrogens with one attached hydrogen (secondary N) is 1. The molecule has 8 heteroatoms. The number of nitriles is 1. The number of nitrogens with zero attached hydrogens (tertiary/aromatic N) is 3. The summed E-state index contributed by atoms with van der Waals surface area (Å²) in [4.78, 5) is 19.0. The average Bonchev–Trinajstić information content (AvgIpc) is 3.45. The summed E-state index contributed by atoms with van der Waals surface area (Å²) in [5, 5.41) is 12.6. The van der Waals surface area contributed by atoms with Crippen LogP contribution >= 0.6 is 0 Å². The third-order valence-corrected chi connectivity index (χ3v) is 5.62. The van der Waals surface area contributed by atoms with Crippen molar-refractivity contribution in [3.05, 3.63) is 47.3 Å². The molecule has 3 N–H and O–H groups in total. The van der Waals surface area contributed by atoms with E-state index < -0.39 is 17.2 Å². The Labute approximate surface area is 173 Å². The minimum atomic E-state index is -0.770. The van der Waals surface area contributed by atoms with E-state index in [1.165, 1.54) is 6.20 Å². The van der Waals surface area contributed by atoms with Crippen LogP contribution in [-0.2, 0) is 0 Å². The predicted molar refractivity (Wildman–Crippen MR) is 109 cm³/mol. The first kappa shape index (κ1) is 20.2. The lowest BCUT2D eigenvalue weighted by Gasteiger charge is -2.27. The number of hydrogen-bond donors (Lipinski definition) is 2. The molecule has 2 fully saturated rings. The molecule has 2 aromatic rings. The van der Waals surface area contributed by atoms with Gasteiger partial charge in [-0.1, -0.05) is 0 Å². The van der Waals surface area contributed by atoms with E-state index in [9.17, 15) is 18.8 Å². The Morgan fingerprint density at radius 1 is 1.37 bits per heavy atom. The van der Waals surface area contributed by atoms with Crippen molar-refractivity contribution in [3.63, 3.8) is 0 Å². The molecule has 1 aromatic heterocycles. The molecule has 1 atom stereocenters. The van der Waals surface area contributed by atoms with Gasteiger partial charge in [0.25, 0.3) is 5.91 Å². The van der Waals surface area contributed by atoms with E-state index in [2.05, 4.69) is 10.3 Å². The lowest BCUT2D eigenvalue weighted by atomic mass is 9.97. The van der Waals surface area contributed by atoms with Gasteiger partial charge in [-0.25, -0.2) is 13.8 Å². The van der Waals surface area contributed by atoms with Crippen LogP contribution in [0.4, 0.5) is 14.5 Å². The van der Waals surface area contributed by atoms with Gasteiger partial charge in [0.15, 0.2) is 0 Å². The highest BCUT2D eigenvalue weighted by Crippen LogP contribution is 2.39. The van der Waals surface area contributed by atoms with Gasteiger partial charge in [0.2, 0.25) is 0 Å². The van der Waals surface area contributed by atoms with Crippen LogP contribution in [0.5, 0.6) is 0 Å². The van der Waals surface area contributed by atoms with Crippen molar-refractivity contribution in [1.82, 2.24) is 10.3 Å². The molecular formula is C22H23F2N5O. The summed E-state index contributed by atoms with van der Waals surface area (Å²) >= 11 is 0. The molecule has 0 unspecified atom stereocenters. The van der Waals surface area contributed by atoms with Crippen LogP contribution in [0.3, 0.4) is 0 Å². The number of rotatable bonds is 5. The zero-order chi connectivity index (χ0) is 21.5. The third-order valence-electron chi connectivity index (χ3n) is 5.62. The number of benzene rings is 1. The predicted octanol–water partition coefficient (Wildman–Crippen LogP) is 2.97. The van der Waals surface area contributed by atoms with Gasteiger partial charge in [0.05, 0.1) is 11.3 Å². The number of pyridine rings is 1. The number of carbonyl (C=O) groups excluding carboxylic acids is 1. The Hall–Kier alpha value is -3.05. The standard InChI is InChI=1S/C22H23F2N5O/c1-22(26)4-5-29(12-22)20-17(21(30)28-10-13-2-3-13)11-27-18(9-25)19(20)14-6-15(23)8-16(24)7-14/h6-8,11,13H,2-5,10,12,26H2,1H3,(H,28,30)/t22-/m0/s1. The Balaban J connectivity index is 1.88. The number of amides is 1. The highest BCUT2D eigenvalue weighted by atomic mass is 19.1. The van der Waals surface area contributed by atoms with Gasteiger partial charge in [0, 0.05) is 43.0 Å². The molecule has 4 rings (SSSR count). The minimum absolute atomic E-state index is 0.000586. The maximum Gasteiger partial charge on any atom is 0.254 e. The monoisotopic (exact) mass is 411 g/mol. The van der Waals surface area contributed by atoms with Gasteiger partial charge < -0.3 is 16.0 Å². The first-order valence-electron chi connectivity index (χ1n) is 9.99. The molecule has 156 valence electrons. The van der Waals surface area contributed by atoms with E-state index in [1.807, 2.05) is 17.9 Å². The van der Waals surface area contributed by atoms with Gasteiger partial charge in [-0.05, 0) is 49.8 Å². The van der Waals surface area contributed by atoms with E-state index in [0.29, 0.717) is 37.7 Å². The van der Waals surface area contributed by atoms with E-state index in [4.69, 9.17) is 5.73 Å². The van der Waals surface area contributed by atoms with Crippen molar-refractivity contribution in [2.75, 3.05) is 24.5 Å². The molecule has 0 bridgehead atoms. The van der Waals surface area contributed by atoms with Crippen LogP contribution in [0.2, 0.25) is 0 Å². The smallest absolute Gasteiger partial charge is 0.254 e. The fourth-order valence-electron chi connectivity index (χ4n) is 3.88. The van der Waals surface area contributed by atoms with Gasteiger partial charge >= 0.3 is 0 Å². The summed E-state index contributed by atoms with van der Waals surface area (Å²) in [6.45, 7) is 3.47. The first-order valence-corrected chi connectivity index (χ1v) is 9.99. The second-order valence-electron chi connectivity index (χ2n) is 8.49. The molecule has 1 saturated carbocycles. The van der Waals surface area contributed by atoms with Crippen LogP contribution in [0, 0.1) is 28.9 Å². The van der Waals surface area contributed by atoms with Gasteiger partial charge in [-0.15, -0.1) is 0 Å². The van der Waals surface area contributed by atoms with Crippen molar-refractivity contribution >= 4 is 11.6 Å². The summed E-state index contributed by atoms with van der Waals surface area (Å²) in [7, 11) is 0. The number of aromatic nitrogens is 1. The Morgan fingerprint density at radius 2 is 2.07 bits per heavy atom. The number of anilines is 1. The second-order valence-corrected chi connectivity index (χ2v) is 8.49. The van der Waals surface area contributed by atoms with Crippen molar-refractivity contribution < 1.29 is 13.6 Å². The Bertz CT molecular complexity index is 1020.